The van der Waals surface area contributed by atoms with E-state index in [1.807, 2.05) is 13.8 Å². The number of ether oxygens (including phenoxy) is 2. The van der Waals surface area contributed by atoms with Crippen molar-refractivity contribution < 1.29 is 18.7 Å². The second-order valence-corrected chi connectivity index (χ2v) is 10.1. The van der Waals surface area contributed by atoms with Gasteiger partial charge in [-0.15, -0.1) is 0 Å². The fraction of sp³-hybridized carbons (Fsp3) is 0.235. The Morgan fingerprint density at radius 2 is 1.60 bits per heavy atom. The molecule has 0 aliphatic rings. The van der Waals surface area contributed by atoms with Gasteiger partial charge in [0.1, 0.15) is 22.8 Å². The van der Waals surface area contributed by atoms with Crippen LogP contribution in [-0.4, -0.2) is 33.9 Å². The number of hydrogen-bond acceptors (Lipinski definition) is 7. The number of hydrogen-bond donors (Lipinski definition) is 1. The summed E-state index contributed by atoms with van der Waals surface area (Å²) in [6.45, 7) is 7.13. The lowest BCUT2D eigenvalue weighted by Crippen LogP contribution is -2.42. The highest BCUT2D eigenvalue weighted by Crippen LogP contribution is 2.27. The summed E-state index contributed by atoms with van der Waals surface area (Å²) in [5, 5.41) is 2.91. The molecule has 3 aromatic carbocycles. The van der Waals surface area contributed by atoms with Gasteiger partial charge < -0.3 is 14.8 Å². The van der Waals surface area contributed by atoms with E-state index < -0.39 is 28.6 Å². The van der Waals surface area contributed by atoms with Crippen molar-refractivity contribution >= 4 is 28.4 Å². The van der Waals surface area contributed by atoms with Gasteiger partial charge in [0.05, 0.1) is 43.2 Å². The van der Waals surface area contributed by atoms with E-state index in [9.17, 15) is 23.6 Å². The summed E-state index contributed by atoms with van der Waals surface area (Å²) in [6, 6.07) is 17.5. The highest BCUT2D eigenvalue weighted by molar-refractivity contribution is 5.94. The third kappa shape index (κ3) is 6.14. The van der Waals surface area contributed by atoms with E-state index in [0.29, 0.717) is 16.9 Å². The predicted octanol–water partition coefficient (Wildman–Crippen LogP) is 5.22. The number of rotatable bonds is 7. The highest BCUT2D eigenvalue weighted by atomic mass is 19.1. The van der Waals surface area contributed by atoms with Gasteiger partial charge in [0, 0.05) is 12.6 Å². The number of nitrogens with one attached hydrogen (secondary N) is 1. The summed E-state index contributed by atoms with van der Waals surface area (Å²) >= 11 is 0. The Hall–Kier alpha value is -5.45. The standard InChI is InChI=1S/C32H29FN4O6.C2H6/c1-18-9-14-25(24(33)15-18)34-28-26-27(19(2)29(38)35(28)3)37(22-8-6-7-21(16-22)31(40)43-5)32(41)36(30(26)39)17-20-10-12-23(42-4)13-11-20;1-2/h6-16,34H,17H2,1-5H3;1-2H3. The van der Waals surface area contributed by atoms with Crippen molar-refractivity contribution in [1.82, 2.24) is 13.7 Å². The van der Waals surface area contributed by atoms with E-state index >= 15 is 0 Å². The summed E-state index contributed by atoms with van der Waals surface area (Å²) in [6.07, 6.45) is 0. The smallest absolute Gasteiger partial charge is 0.337 e. The van der Waals surface area contributed by atoms with Crippen molar-refractivity contribution in [2.75, 3.05) is 19.5 Å². The van der Waals surface area contributed by atoms with Crippen molar-refractivity contribution in [3.05, 3.63) is 126 Å². The van der Waals surface area contributed by atoms with E-state index in [4.69, 9.17) is 9.47 Å². The molecule has 0 saturated heterocycles. The lowest BCUT2D eigenvalue weighted by molar-refractivity contribution is 0.0600. The average Bonchev–Trinajstić information content (AvgIpc) is 3.05. The maximum Gasteiger partial charge on any atom is 0.337 e. The Labute approximate surface area is 258 Å². The van der Waals surface area contributed by atoms with Gasteiger partial charge >= 0.3 is 11.7 Å². The van der Waals surface area contributed by atoms with Crippen LogP contribution in [0.3, 0.4) is 0 Å². The average molecular weight is 615 g/mol. The fourth-order valence-corrected chi connectivity index (χ4v) is 5.02. The van der Waals surface area contributed by atoms with Crippen molar-refractivity contribution in [1.29, 1.82) is 0 Å². The predicted molar refractivity (Wildman–Crippen MR) is 173 cm³/mol. The molecule has 0 atom stereocenters. The minimum absolute atomic E-state index is 0.000272. The number of carbonyl (C=O) groups is 1. The Morgan fingerprint density at radius 1 is 0.911 bits per heavy atom. The van der Waals surface area contributed by atoms with E-state index in [1.165, 1.54) is 61.6 Å². The second kappa shape index (κ2) is 13.5. The number of aromatic nitrogens is 3. The Bertz CT molecular complexity index is 2080. The number of benzene rings is 3. The molecule has 0 spiro atoms. The van der Waals surface area contributed by atoms with E-state index in [0.717, 1.165) is 4.57 Å². The SMILES string of the molecule is CC.COC(=O)c1cccc(-n2c(=O)n(Cc3ccc(OC)cc3)c(=O)c3c(Nc4ccc(C)cc4F)n(C)c(=O)c(C)c32)c1. The number of anilines is 2. The Morgan fingerprint density at radius 3 is 2.22 bits per heavy atom. The molecule has 5 rings (SSSR count). The van der Waals surface area contributed by atoms with Crippen molar-refractivity contribution in [2.45, 2.75) is 34.2 Å². The lowest BCUT2D eigenvalue weighted by atomic mass is 10.1. The van der Waals surface area contributed by atoms with Crippen molar-refractivity contribution in [3.8, 4) is 11.4 Å². The van der Waals surface area contributed by atoms with Crippen LogP contribution in [0.2, 0.25) is 0 Å². The Balaban J connectivity index is 0.00000226. The topological polar surface area (TPSA) is 114 Å². The van der Waals surface area contributed by atoms with Gasteiger partial charge in [0.15, 0.2) is 0 Å². The first-order valence-corrected chi connectivity index (χ1v) is 14.3. The van der Waals surface area contributed by atoms with Gasteiger partial charge in [-0.3, -0.25) is 23.3 Å². The first-order valence-electron chi connectivity index (χ1n) is 14.3. The summed E-state index contributed by atoms with van der Waals surface area (Å²) in [5.74, 6) is -0.613. The van der Waals surface area contributed by atoms with Gasteiger partial charge in [-0.05, 0) is 67.4 Å². The Kier molecular flexibility index (Phi) is 9.71. The number of fused-ring (bicyclic) bond motifs is 1. The molecule has 0 aliphatic carbocycles. The molecule has 5 aromatic rings. The summed E-state index contributed by atoms with van der Waals surface area (Å²) < 4.78 is 28.6. The number of aryl methyl sites for hydroxylation is 2. The largest absolute Gasteiger partial charge is 0.497 e. The van der Waals surface area contributed by atoms with Gasteiger partial charge in [0.25, 0.3) is 11.1 Å². The molecule has 0 unspecified atom stereocenters. The summed E-state index contributed by atoms with van der Waals surface area (Å²) in [4.78, 5) is 54.3. The number of esters is 1. The number of halogens is 1. The van der Waals surface area contributed by atoms with Crippen molar-refractivity contribution in [2.24, 2.45) is 7.05 Å². The molecule has 45 heavy (non-hydrogen) atoms. The molecule has 10 nitrogen and oxygen atoms in total. The zero-order valence-electron chi connectivity index (χ0n) is 26.2. The third-order valence-electron chi connectivity index (χ3n) is 7.30. The normalized spacial score (nSPS) is 10.7. The van der Waals surface area contributed by atoms with Crippen molar-refractivity contribution in [3.63, 3.8) is 0 Å². The molecule has 0 aliphatic heterocycles. The second-order valence-electron chi connectivity index (χ2n) is 10.1. The molecule has 2 aromatic heterocycles. The van der Waals surface area contributed by atoms with E-state index in [-0.39, 0.29) is 45.8 Å². The molecule has 11 heteroatoms. The first kappa shape index (κ1) is 32.5. The zero-order valence-corrected chi connectivity index (χ0v) is 26.2. The number of pyridine rings is 1. The number of methoxy groups -OCH3 is 2. The maximum absolute atomic E-state index is 15.0. The van der Waals surface area contributed by atoms with Crippen LogP contribution in [0, 0.1) is 19.7 Å². The van der Waals surface area contributed by atoms with Crippen LogP contribution >= 0.6 is 0 Å². The number of carbonyl (C=O) groups excluding carboxylic acids is 1. The molecule has 2 heterocycles. The molecule has 0 bridgehead atoms. The molecular formula is C34H35FN4O6. The van der Waals surface area contributed by atoms with Crippen LogP contribution in [0.25, 0.3) is 16.6 Å². The van der Waals surface area contributed by atoms with Crippen LogP contribution < -0.4 is 26.9 Å². The van der Waals surface area contributed by atoms with Crippen LogP contribution in [-0.2, 0) is 18.3 Å². The lowest BCUT2D eigenvalue weighted by Gasteiger charge is -2.21. The fourth-order valence-electron chi connectivity index (χ4n) is 5.02. The molecule has 0 amide bonds. The van der Waals surface area contributed by atoms with Crippen LogP contribution in [0.5, 0.6) is 5.75 Å². The monoisotopic (exact) mass is 614 g/mol. The molecule has 1 N–H and O–H groups in total. The summed E-state index contributed by atoms with van der Waals surface area (Å²) in [7, 11) is 4.23. The van der Waals surface area contributed by atoms with Gasteiger partial charge in [-0.25, -0.2) is 14.0 Å². The van der Waals surface area contributed by atoms with Crippen LogP contribution in [0.4, 0.5) is 15.9 Å². The highest BCUT2D eigenvalue weighted by Gasteiger charge is 2.24. The van der Waals surface area contributed by atoms with Crippen LogP contribution in [0.1, 0.15) is 40.9 Å². The zero-order chi connectivity index (χ0) is 33.0. The minimum Gasteiger partial charge on any atom is -0.497 e. The number of nitrogens with zero attached hydrogens (tertiary/aromatic N) is 3. The molecule has 0 fully saturated rings. The maximum atomic E-state index is 15.0. The quantitative estimate of drug-likeness (QED) is 0.250. The summed E-state index contributed by atoms with van der Waals surface area (Å²) in [5.41, 5.74) is -0.0438. The van der Waals surface area contributed by atoms with E-state index in [1.54, 1.807) is 49.4 Å². The first-order chi connectivity index (χ1) is 21.5. The molecular weight excluding hydrogens is 579 g/mol. The van der Waals surface area contributed by atoms with Gasteiger partial charge in [0.2, 0.25) is 0 Å². The van der Waals surface area contributed by atoms with Gasteiger partial charge in [-0.1, -0.05) is 38.1 Å². The minimum atomic E-state index is -0.737. The molecule has 0 saturated carbocycles. The molecule has 0 radical (unpaired) electrons. The van der Waals surface area contributed by atoms with Gasteiger partial charge in [-0.2, -0.15) is 0 Å². The van der Waals surface area contributed by atoms with Crippen LogP contribution in [0.15, 0.2) is 81.1 Å². The third-order valence-corrected chi connectivity index (χ3v) is 7.30. The molecule has 234 valence electrons. The van der Waals surface area contributed by atoms with E-state index in [2.05, 4.69) is 5.32 Å².